The summed E-state index contributed by atoms with van der Waals surface area (Å²) in [5.74, 6) is 0.522. The molecule has 1 amide bonds. The summed E-state index contributed by atoms with van der Waals surface area (Å²) in [7, 11) is 1.54. The molecule has 0 saturated heterocycles. The summed E-state index contributed by atoms with van der Waals surface area (Å²) in [5, 5.41) is 2.73. The van der Waals surface area contributed by atoms with Gasteiger partial charge in [-0.2, -0.15) is 13.2 Å². The minimum absolute atomic E-state index is 0.0791. The molecule has 1 aliphatic carbocycles. The molecule has 1 N–H and O–H groups in total. The van der Waals surface area contributed by atoms with Crippen molar-refractivity contribution < 1.29 is 27.4 Å². The van der Waals surface area contributed by atoms with Crippen molar-refractivity contribution in [3.8, 4) is 5.75 Å². The van der Waals surface area contributed by atoms with Crippen LogP contribution in [0.15, 0.2) is 48.5 Å². The van der Waals surface area contributed by atoms with E-state index in [0.717, 1.165) is 24.1 Å². The zero-order valence-electron chi connectivity index (χ0n) is 14.8. The minimum atomic E-state index is -4.39. The van der Waals surface area contributed by atoms with Crippen molar-refractivity contribution >= 4 is 5.91 Å². The predicted molar refractivity (Wildman–Crippen MR) is 93.1 cm³/mol. The predicted octanol–water partition coefficient (Wildman–Crippen LogP) is 4.11. The van der Waals surface area contributed by atoms with Gasteiger partial charge in [-0.05, 0) is 47.7 Å². The number of carbonyl (C=O) groups excluding carboxylic acids is 1. The second-order valence-electron chi connectivity index (χ2n) is 6.48. The lowest BCUT2D eigenvalue weighted by molar-refractivity contribution is -0.137. The molecule has 1 aliphatic rings. The van der Waals surface area contributed by atoms with Crippen molar-refractivity contribution in [2.75, 3.05) is 13.9 Å². The lowest BCUT2D eigenvalue weighted by Gasteiger charge is -2.10. The number of rotatable bonds is 7. The number of carbonyl (C=O) groups is 1. The summed E-state index contributed by atoms with van der Waals surface area (Å²) < 4.78 is 48.4. The summed E-state index contributed by atoms with van der Waals surface area (Å²) in [4.78, 5) is 12.3. The van der Waals surface area contributed by atoms with Gasteiger partial charge in [0.2, 0.25) is 5.91 Å². The molecule has 144 valence electrons. The Bertz CT molecular complexity index is 790. The van der Waals surface area contributed by atoms with Gasteiger partial charge in [0.05, 0.1) is 5.56 Å². The van der Waals surface area contributed by atoms with Crippen LogP contribution >= 0.6 is 0 Å². The van der Waals surface area contributed by atoms with E-state index < -0.39 is 11.7 Å². The lowest BCUT2D eigenvalue weighted by Crippen LogP contribution is -2.25. The number of hydrogen-bond acceptors (Lipinski definition) is 3. The first kappa shape index (κ1) is 19.2. The van der Waals surface area contributed by atoms with E-state index in [0.29, 0.717) is 11.3 Å². The fraction of sp³-hybridized carbons (Fsp3) is 0.350. The van der Waals surface area contributed by atoms with Crippen molar-refractivity contribution in [1.82, 2.24) is 5.32 Å². The zero-order valence-corrected chi connectivity index (χ0v) is 14.8. The smallest absolute Gasteiger partial charge is 0.416 e. The number of alkyl halides is 3. The van der Waals surface area contributed by atoms with Crippen LogP contribution in [-0.4, -0.2) is 19.8 Å². The molecule has 1 saturated carbocycles. The van der Waals surface area contributed by atoms with Crippen LogP contribution in [0.3, 0.4) is 0 Å². The Balaban J connectivity index is 1.52. The second-order valence-corrected chi connectivity index (χ2v) is 6.48. The van der Waals surface area contributed by atoms with E-state index in [1.165, 1.54) is 6.07 Å². The molecule has 2 unspecified atom stereocenters. The van der Waals surface area contributed by atoms with Gasteiger partial charge in [0.15, 0.2) is 6.79 Å². The maximum atomic E-state index is 12.7. The Kier molecular flexibility index (Phi) is 5.70. The Morgan fingerprint density at radius 1 is 1.19 bits per heavy atom. The first-order valence-corrected chi connectivity index (χ1v) is 8.54. The molecule has 0 spiro atoms. The van der Waals surface area contributed by atoms with Gasteiger partial charge in [-0.3, -0.25) is 4.79 Å². The van der Waals surface area contributed by atoms with E-state index in [1.54, 1.807) is 13.2 Å². The molecule has 0 radical (unpaired) electrons. The van der Waals surface area contributed by atoms with Gasteiger partial charge in [-0.25, -0.2) is 0 Å². The average molecular weight is 379 g/mol. The van der Waals surface area contributed by atoms with E-state index in [-0.39, 0.29) is 31.1 Å². The summed E-state index contributed by atoms with van der Waals surface area (Å²) in [6.45, 7) is 0.249. The number of ether oxygens (including phenoxy) is 2. The monoisotopic (exact) mass is 379 g/mol. The van der Waals surface area contributed by atoms with Crippen LogP contribution in [0.5, 0.6) is 5.75 Å². The zero-order chi connectivity index (χ0) is 19.4. The molecule has 2 aromatic rings. The molecule has 0 aromatic heterocycles. The van der Waals surface area contributed by atoms with Crippen molar-refractivity contribution in [3.05, 3.63) is 65.2 Å². The number of nitrogens with one attached hydrogen (secondary N) is 1. The van der Waals surface area contributed by atoms with Gasteiger partial charge in [-0.1, -0.05) is 24.3 Å². The van der Waals surface area contributed by atoms with E-state index in [2.05, 4.69) is 5.32 Å². The largest absolute Gasteiger partial charge is 0.468 e. The summed E-state index contributed by atoms with van der Waals surface area (Å²) >= 11 is 0. The molecule has 1 fully saturated rings. The third kappa shape index (κ3) is 5.01. The quantitative estimate of drug-likeness (QED) is 0.737. The highest BCUT2D eigenvalue weighted by atomic mass is 19.4. The first-order chi connectivity index (χ1) is 12.9. The van der Waals surface area contributed by atoms with Gasteiger partial charge in [0.25, 0.3) is 0 Å². The van der Waals surface area contributed by atoms with Crippen molar-refractivity contribution in [3.63, 3.8) is 0 Å². The van der Waals surface area contributed by atoms with Crippen LogP contribution in [0, 0.1) is 5.92 Å². The maximum Gasteiger partial charge on any atom is 0.416 e. The van der Waals surface area contributed by atoms with Crippen LogP contribution in [0.1, 0.15) is 29.0 Å². The van der Waals surface area contributed by atoms with Crippen molar-refractivity contribution in [2.24, 2.45) is 5.92 Å². The number of benzene rings is 2. The maximum absolute atomic E-state index is 12.7. The third-order valence-electron chi connectivity index (χ3n) is 4.50. The summed E-state index contributed by atoms with van der Waals surface area (Å²) in [6, 6.07) is 12.5. The highest BCUT2D eigenvalue weighted by Crippen LogP contribution is 2.47. The Labute approximate surface area is 155 Å². The second kappa shape index (κ2) is 8.00. The SMILES string of the molecule is COCOc1ccc(C2CC2C(=O)NCc2cccc(C(F)(F)F)c2)cc1. The minimum Gasteiger partial charge on any atom is -0.468 e. The van der Waals surface area contributed by atoms with Gasteiger partial charge in [0.1, 0.15) is 5.75 Å². The molecule has 0 bridgehead atoms. The summed E-state index contributed by atoms with van der Waals surface area (Å²) in [6.07, 6.45) is -3.66. The van der Waals surface area contributed by atoms with Crippen LogP contribution in [-0.2, 0) is 22.3 Å². The van der Waals surface area contributed by atoms with Crippen LogP contribution < -0.4 is 10.1 Å². The molecule has 2 aromatic carbocycles. The van der Waals surface area contributed by atoms with Gasteiger partial charge in [0, 0.05) is 19.6 Å². The highest BCUT2D eigenvalue weighted by molar-refractivity contribution is 5.82. The average Bonchev–Trinajstić information content (AvgIpc) is 3.45. The first-order valence-electron chi connectivity index (χ1n) is 8.54. The molecule has 0 aliphatic heterocycles. The molecular weight excluding hydrogens is 359 g/mol. The number of halogens is 3. The Morgan fingerprint density at radius 2 is 1.93 bits per heavy atom. The number of amides is 1. The van der Waals surface area contributed by atoms with Crippen molar-refractivity contribution in [2.45, 2.75) is 25.1 Å². The lowest BCUT2D eigenvalue weighted by atomic mass is 10.1. The fourth-order valence-corrected chi connectivity index (χ4v) is 2.97. The highest BCUT2D eigenvalue weighted by Gasteiger charge is 2.43. The summed E-state index contributed by atoms with van der Waals surface area (Å²) in [5.41, 5.74) is 0.753. The topological polar surface area (TPSA) is 47.6 Å². The number of hydrogen-bond donors (Lipinski definition) is 1. The fourth-order valence-electron chi connectivity index (χ4n) is 2.97. The third-order valence-corrected chi connectivity index (χ3v) is 4.50. The van der Waals surface area contributed by atoms with Crippen LogP contribution in [0.2, 0.25) is 0 Å². The molecular formula is C20H20F3NO3. The van der Waals surface area contributed by atoms with Gasteiger partial charge >= 0.3 is 6.18 Å². The van der Waals surface area contributed by atoms with E-state index in [1.807, 2.05) is 24.3 Å². The van der Waals surface area contributed by atoms with Crippen LogP contribution in [0.25, 0.3) is 0 Å². The van der Waals surface area contributed by atoms with E-state index in [4.69, 9.17) is 9.47 Å². The van der Waals surface area contributed by atoms with E-state index in [9.17, 15) is 18.0 Å². The molecule has 0 heterocycles. The van der Waals surface area contributed by atoms with E-state index >= 15 is 0 Å². The molecule has 4 nitrogen and oxygen atoms in total. The van der Waals surface area contributed by atoms with Crippen molar-refractivity contribution in [1.29, 1.82) is 0 Å². The molecule has 3 rings (SSSR count). The number of methoxy groups -OCH3 is 1. The molecule has 27 heavy (non-hydrogen) atoms. The van der Waals surface area contributed by atoms with Gasteiger partial charge in [-0.15, -0.1) is 0 Å². The molecule has 7 heteroatoms. The van der Waals surface area contributed by atoms with Crippen LogP contribution in [0.4, 0.5) is 13.2 Å². The Morgan fingerprint density at radius 3 is 2.59 bits per heavy atom. The molecule has 2 atom stereocenters. The standard InChI is InChI=1S/C20H20F3NO3/c1-26-12-27-16-7-5-14(6-8-16)17-10-18(17)19(25)24-11-13-3-2-4-15(9-13)20(21,22)23/h2-9,17-18H,10-12H2,1H3,(H,24,25). The normalized spacial score (nSPS) is 18.8. The van der Waals surface area contributed by atoms with Gasteiger partial charge < -0.3 is 14.8 Å². The Hall–Kier alpha value is -2.54.